The molecule has 0 saturated carbocycles. The maximum atomic E-state index is 6.79. The van der Waals surface area contributed by atoms with E-state index >= 15 is 0 Å². The highest BCUT2D eigenvalue weighted by Crippen LogP contribution is 2.36. The summed E-state index contributed by atoms with van der Waals surface area (Å²) < 4.78 is 3.71. The largest absolute Gasteiger partial charge is 0.368 e. The minimum Gasteiger partial charge on any atom is -0.368 e. The second-order valence-electron chi connectivity index (χ2n) is 8.62. The van der Waals surface area contributed by atoms with Gasteiger partial charge < -0.3 is 15.5 Å². The quantitative estimate of drug-likeness (QED) is 0.506. The van der Waals surface area contributed by atoms with Crippen LogP contribution in [-0.4, -0.2) is 49.6 Å². The molecule has 0 radical (unpaired) electrons. The number of aromatic nitrogens is 5. The van der Waals surface area contributed by atoms with Crippen molar-refractivity contribution in [2.24, 2.45) is 7.05 Å². The lowest BCUT2D eigenvalue weighted by Crippen LogP contribution is -2.54. The molecular weight excluding hydrogens is 412 g/mol. The first-order chi connectivity index (χ1) is 14.8. The summed E-state index contributed by atoms with van der Waals surface area (Å²) in [5, 5.41) is 17.8. The molecule has 8 nitrogen and oxygen atoms in total. The van der Waals surface area contributed by atoms with Gasteiger partial charge in [0.15, 0.2) is 11.6 Å². The number of anilines is 3. The average Bonchev–Trinajstić information content (AvgIpc) is 3.22. The lowest BCUT2D eigenvalue weighted by Gasteiger charge is -2.37. The number of hydrogen-bond donors (Lipinski definition) is 2. The van der Waals surface area contributed by atoms with Crippen molar-refractivity contribution in [3.8, 4) is 0 Å². The van der Waals surface area contributed by atoms with E-state index in [9.17, 15) is 0 Å². The van der Waals surface area contributed by atoms with Crippen molar-refractivity contribution in [1.29, 1.82) is 0 Å². The molecule has 162 valence electrons. The Bertz CT molecular complexity index is 1280. The third-order valence-corrected chi connectivity index (χ3v) is 6.12. The highest BCUT2D eigenvalue weighted by molar-refractivity contribution is 6.37. The van der Waals surface area contributed by atoms with Crippen LogP contribution in [0.3, 0.4) is 0 Å². The lowest BCUT2D eigenvalue weighted by atomic mass is 10.1. The van der Waals surface area contributed by atoms with Crippen LogP contribution in [0, 0.1) is 13.8 Å². The minimum atomic E-state index is 0.429. The van der Waals surface area contributed by atoms with Gasteiger partial charge in [0, 0.05) is 44.0 Å². The molecule has 4 aromatic rings. The minimum absolute atomic E-state index is 0.429. The first-order valence-electron chi connectivity index (χ1n) is 10.6. The third-order valence-electron chi connectivity index (χ3n) is 5.82. The van der Waals surface area contributed by atoms with Gasteiger partial charge >= 0.3 is 0 Å². The Kier molecular flexibility index (Phi) is 4.79. The van der Waals surface area contributed by atoms with E-state index in [1.807, 2.05) is 48.4 Å². The molecular formula is C22H27ClN8. The molecule has 9 heteroatoms. The summed E-state index contributed by atoms with van der Waals surface area (Å²) in [5.74, 6) is 1.40. The van der Waals surface area contributed by atoms with Crippen molar-refractivity contribution in [3.05, 3.63) is 40.8 Å². The molecule has 1 aliphatic rings. The maximum absolute atomic E-state index is 6.79. The molecule has 31 heavy (non-hydrogen) atoms. The van der Waals surface area contributed by atoms with Crippen LogP contribution < -0.4 is 15.5 Å². The summed E-state index contributed by atoms with van der Waals surface area (Å²) in [6.07, 6.45) is 1.92. The number of rotatable bonds is 3. The van der Waals surface area contributed by atoms with Crippen molar-refractivity contribution in [1.82, 2.24) is 29.7 Å². The van der Waals surface area contributed by atoms with E-state index in [1.54, 1.807) is 0 Å². The predicted octanol–water partition coefficient (Wildman–Crippen LogP) is 3.82. The van der Waals surface area contributed by atoms with Crippen LogP contribution in [0.5, 0.6) is 0 Å². The van der Waals surface area contributed by atoms with Crippen molar-refractivity contribution >= 4 is 45.3 Å². The van der Waals surface area contributed by atoms with E-state index < -0.39 is 0 Å². The Labute approximate surface area is 186 Å². The Hall–Kier alpha value is -2.84. The molecule has 2 atom stereocenters. The molecule has 1 fully saturated rings. The van der Waals surface area contributed by atoms with Gasteiger partial charge in [0.25, 0.3) is 0 Å². The van der Waals surface area contributed by atoms with Crippen LogP contribution in [-0.2, 0) is 7.05 Å². The van der Waals surface area contributed by atoms with Crippen molar-refractivity contribution in [2.75, 3.05) is 23.3 Å². The fourth-order valence-corrected chi connectivity index (χ4v) is 4.90. The number of nitrogens with one attached hydrogen (secondary N) is 2. The van der Waals surface area contributed by atoms with Gasteiger partial charge in [0.2, 0.25) is 0 Å². The van der Waals surface area contributed by atoms with Crippen molar-refractivity contribution in [3.63, 3.8) is 0 Å². The number of benzene rings is 1. The summed E-state index contributed by atoms with van der Waals surface area (Å²) in [7, 11) is 1.94. The third kappa shape index (κ3) is 3.59. The number of halogens is 1. The summed E-state index contributed by atoms with van der Waals surface area (Å²) >= 11 is 6.79. The molecule has 5 rings (SSSR count). The van der Waals surface area contributed by atoms with Crippen LogP contribution in [0.2, 0.25) is 5.02 Å². The van der Waals surface area contributed by atoms with E-state index in [-0.39, 0.29) is 0 Å². The summed E-state index contributed by atoms with van der Waals surface area (Å²) in [6, 6.07) is 7.05. The molecule has 0 spiro atoms. The highest BCUT2D eigenvalue weighted by atomic mass is 35.5. The molecule has 0 unspecified atom stereocenters. The molecule has 1 aliphatic heterocycles. The van der Waals surface area contributed by atoms with Gasteiger partial charge in [-0.15, -0.1) is 5.10 Å². The van der Waals surface area contributed by atoms with E-state index in [0.29, 0.717) is 28.7 Å². The smallest absolute Gasteiger partial charge is 0.163 e. The van der Waals surface area contributed by atoms with Crippen LogP contribution >= 0.6 is 11.6 Å². The Morgan fingerprint density at radius 3 is 2.55 bits per heavy atom. The summed E-state index contributed by atoms with van der Waals surface area (Å²) in [4.78, 5) is 6.90. The van der Waals surface area contributed by atoms with Gasteiger partial charge in [0.1, 0.15) is 0 Å². The number of hydrogen-bond acceptors (Lipinski definition) is 6. The zero-order chi connectivity index (χ0) is 21.9. The van der Waals surface area contributed by atoms with Gasteiger partial charge in [-0.05, 0) is 39.8 Å². The molecule has 0 bridgehead atoms. The monoisotopic (exact) mass is 438 g/mol. The van der Waals surface area contributed by atoms with E-state index in [0.717, 1.165) is 46.6 Å². The summed E-state index contributed by atoms with van der Waals surface area (Å²) in [6.45, 7) is 10.3. The predicted molar refractivity (Wildman–Crippen MR) is 126 cm³/mol. The van der Waals surface area contributed by atoms with Gasteiger partial charge in [-0.1, -0.05) is 11.6 Å². The molecule has 1 aromatic carbocycles. The molecule has 0 aliphatic carbocycles. The molecule has 2 N–H and O–H groups in total. The Morgan fingerprint density at radius 1 is 1.06 bits per heavy atom. The second-order valence-corrected chi connectivity index (χ2v) is 9.03. The van der Waals surface area contributed by atoms with Gasteiger partial charge in [-0.3, -0.25) is 9.67 Å². The van der Waals surface area contributed by atoms with Crippen LogP contribution in [0.4, 0.5) is 17.3 Å². The maximum Gasteiger partial charge on any atom is 0.163 e. The molecule has 3 aromatic heterocycles. The zero-order valence-corrected chi connectivity index (χ0v) is 19.2. The van der Waals surface area contributed by atoms with E-state index in [1.165, 1.54) is 0 Å². The normalized spacial score (nSPS) is 19.5. The van der Waals surface area contributed by atoms with Crippen molar-refractivity contribution in [2.45, 2.75) is 39.8 Å². The van der Waals surface area contributed by atoms with Gasteiger partial charge in [0.05, 0.1) is 39.0 Å². The Balaban J connectivity index is 1.53. The first-order valence-corrected chi connectivity index (χ1v) is 10.9. The number of nitrogens with zero attached hydrogens (tertiary/aromatic N) is 6. The van der Waals surface area contributed by atoms with Gasteiger partial charge in [-0.2, -0.15) is 5.10 Å². The number of piperazine rings is 1. The molecule has 1 saturated heterocycles. The second kappa shape index (κ2) is 7.39. The Morgan fingerprint density at radius 2 is 1.81 bits per heavy atom. The van der Waals surface area contributed by atoms with Crippen LogP contribution in [0.1, 0.15) is 25.2 Å². The topological polar surface area (TPSA) is 75.3 Å². The van der Waals surface area contributed by atoms with Crippen molar-refractivity contribution < 1.29 is 0 Å². The number of fused-ring (bicyclic) bond motifs is 2. The van der Waals surface area contributed by atoms with Crippen LogP contribution in [0.25, 0.3) is 16.4 Å². The zero-order valence-electron chi connectivity index (χ0n) is 18.4. The standard InChI is InChI=1S/C22H27ClN8/c1-12-9-30(10-13(2)24-12)16-6-17(23)21-19(7-16)29(5)28-22(21)26-20-8-18-15(4)25-14(3)11-31(18)27-20/h6-8,11-13,24H,9-10H2,1-5H3,(H,26,27,28)/t12-,13+. The fraction of sp³-hybridized carbons (Fsp3) is 0.409. The fourth-order valence-electron chi connectivity index (χ4n) is 4.60. The molecule has 0 amide bonds. The van der Waals surface area contributed by atoms with Crippen LogP contribution in [0.15, 0.2) is 24.4 Å². The lowest BCUT2D eigenvalue weighted by molar-refractivity contribution is 0.407. The van der Waals surface area contributed by atoms with E-state index in [4.69, 9.17) is 16.7 Å². The summed E-state index contributed by atoms with van der Waals surface area (Å²) in [5.41, 5.74) is 4.94. The van der Waals surface area contributed by atoms with Gasteiger partial charge in [-0.25, -0.2) is 4.52 Å². The SMILES string of the molecule is Cc1cn2nc(Nc3nn(C)c4cc(N5C[C@@H](C)N[C@@H](C)C5)cc(Cl)c34)cc2c(C)n1. The number of aryl methyl sites for hydroxylation is 3. The first kappa shape index (κ1) is 20.1. The highest BCUT2D eigenvalue weighted by Gasteiger charge is 2.23. The average molecular weight is 439 g/mol. The molecule has 4 heterocycles. The van der Waals surface area contributed by atoms with E-state index in [2.05, 4.69) is 45.5 Å².